The minimum absolute atomic E-state index is 0.402. The summed E-state index contributed by atoms with van der Waals surface area (Å²) in [5.74, 6) is 0. The number of hydrogen-bond acceptors (Lipinski definition) is 2. The van der Waals surface area contributed by atoms with Crippen molar-refractivity contribution in [3.8, 4) is 10.4 Å². The van der Waals surface area contributed by atoms with Crippen LogP contribution in [0, 0.1) is 0 Å². The number of benzene rings is 1. The summed E-state index contributed by atoms with van der Waals surface area (Å²) in [7, 11) is 0. The number of halogens is 1. The summed E-state index contributed by atoms with van der Waals surface area (Å²) < 4.78 is 1.18. The number of rotatable bonds is 4. The third-order valence-electron chi connectivity index (χ3n) is 2.78. The van der Waals surface area contributed by atoms with Gasteiger partial charge in [0, 0.05) is 15.4 Å². The van der Waals surface area contributed by atoms with Gasteiger partial charge in [-0.25, -0.2) is 0 Å². The summed E-state index contributed by atoms with van der Waals surface area (Å²) in [5, 5.41) is 5.55. The van der Waals surface area contributed by atoms with Gasteiger partial charge in [0.25, 0.3) is 0 Å². The van der Waals surface area contributed by atoms with Crippen LogP contribution in [0.5, 0.6) is 0 Å². The van der Waals surface area contributed by atoms with Gasteiger partial charge in [-0.1, -0.05) is 25.1 Å². The smallest absolute Gasteiger partial charge is 0.0484 e. The van der Waals surface area contributed by atoms with Gasteiger partial charge in [-0.3, -0.25) is 0 Å². The highest BCUT2D eigenvalue weighted by Gasteiger charge is 2.08. The van der Waals surface area contributed by atoms with E-state index in [0.29, 0.717) is 6.04 Å². The van der Waals surface area contributed by atoms with E-state index in [1.54, 1.807) is 11.3 Å². The average molecular weight is 310 g/mol. The first-order chi connectivity index (χ1) is 8.22. The maximum absolute atomic E-state index is 3.59. The van der Waals surface area contributed by atoms with Crippen LogP contribution < -0.4 is 5.32 Å². The van der Waals surface area contributed by atoms with E-state index >= 15 is 0 Å². The second-order valence-corrected chi connectivity index (χ2v) is 5.77. The molecule has 1 heterocycles. The fourth-order valence-electron chi connectivity index (χ4n) is 1.87. The Morgan fingerprint density at radius 3 is 2.82 bits per heavy atom. The van der Waals surface area contributed by atoms with Crippen molar-refractivity contribution in [1.29, 1.82) is 0 Å². The molecule has 2 aromatic rings. The summed E-state index contributed by atoms with van der Waals surface area (Å²) in [6.45, 7) is 5.33. The molecule has 1 aromatic heterocycles. The molecule has 0 amide bonds. The van der Waals surface area contributed by atoms with Crippen molar-refractivity contribution in [2.75, 3.05) is 6.54 Å². The van der Waals surface area contributed by atoms with Crippen LogP contribution in [0.2, 0.25) is 0 Å². The van der Waals surface area contributed by atoms with Crippen molar-refractivity contribution in [3.05, 3.63) is 45.7 Å². The molecule has 0 saturated carbocycles. The highest BCUT2D eigenvalue weighted by molar-refractivity contribution is 9.10. The SMILES string of the molecule is CCNC(C)c1cccc(-c2sccc2Br)c1. The zero-order valence-electron chi connectivity index (χ0n) is 10.0. The molecular weight excluding hydrogens is 294 g/mol. The lowest BCUT2D eigenvalue weighted by Crippen LogP contribution is -2.17. The highest BCUT2D eigenvalue weighted by atomic mass is 79.9. The normalized spacial score (nSPS) is 12.6. The van der Waals surface area contributed by atoms with Crippen LogP contribution in [0.15, 0.2) is 40.2 Å². The van der Waals surface area contributed by atoms with Gasteiger partial charge >= 0.3 is 0 Å². The van der Waals surface area contributed by atoms with Gasteiger partial charge in [-0.15, -0.1) is 11.3 Å². The second-order valence-electron chi connectivity index (χ2n) is 4.00. The third kappa shape index (κ3) is 2.97. The molecule has 1 nitrogen and oxygen atoms in total. The average Bonchev–Trinajstić information content (AvgIpc) is 2.76. The quantitative estimate of drug-likeness (QED) is 0.851. The molecule has 0 saturated heterocycles. The number of hydrogen-bond donors (Lipinski definition) is 1. The zero-order chi connectivity index (χ0) is 12.3. The van der Waals surface area contributed by atoms with Crippen molar-refractivity contribution in [3.63, 3.8) is 0 Å². The lowest BCUT2D eigenvalue weighted by molar-refractivity contribution is 0.598. The van der Waals surface area contributed by atoms with Crippen molar-refractivity contribution >= 4 is 27.3 Å². The maximum atomic E-state index is 3.59. The Morgan fingerprint density at radius 1 is 1.35 bits per heavy atom. The van der Waals surface area contributed by atoms with Gasteiger partial charge in [-0.2, -0.15) is 0 Å². The van der Waals surface area contributed by atoms with E-state index in [1.165, 1.54) is 20.5 Å². The fraction of sp³-hybridized carbons (Fsp3) is 0.286. The molecule has 17 heavy (non-hydrogen) atoms. The molecule has 2 rings (SSSR count). The molecule has 1 N–H and O–H groups in total. The minimum atomic E-state index is 0.402. The first kappa shape index (κ1) is 12.8. The van der Waals surface area contributed by atoms with Gasteiger partial charge in [0.15, 0.2) is 0 Å². The lowest BCUT2D eigenvalue weighted by atomic mass is 10.0. The molecule has 0 radical (unpaired) electrons. The summed E-state index contributed by atoms with van der Waals surface area (Å²) in [5.41, 5.74) is 2.62. The van der Waals surface area contributed by atoms with Gasteiger partial charge in [0.1, 0.15) is 0 Å². The Morgan fingerprint density at radius 2 is 2.18 bits per heavy atom. The molecular formula is C14H16BrNS. The predicted molar refractivity (Wildman–Crippen MR) is 79.5 cm³/mol. The summed E-state index contributed by atoms with van der Waals surface area (Å²) in [6, 6.07) is 11.2. The summed E-state index contributed by atoms with van der Waals surface area (Å²) in [4.78, 5) is 1.30. The molecule has 1 atom stereocenters. The number of thiophene rings is 1. The summed E-state index contributed by atoms with van der Waals surface area (Å²) >= 11 is 5.36. The maximum Gasteiger partial charge on any atom is 0.0484 e. The molecule has 0 fully saturated rings. The summed E-state index contributed by atoms with van der Waals surface area (Å²) in [6.07, 6.45) is 0. The molecule has 3 heteroatoms. The Bertz CT molecular complexity index is 492. The molecule has 0 aliphatic heterocycles. The largest absolute Gasteiger partial charge is 0.310 e. The van der Waals surface area contributed by atoms with E-state index in [2.05, 4.69) is 70.8 Å². The molecule has 0 bridgehead atoms. The van der Waals surface area contributed by atoms with Crippen molar-refractivity contribution < 1.29 is 0 Å². The van der Waals surface area contributed by atoms with Crippen molar-refractivity contribution in [2.45, 2.75) is 19.9 Å². The van der Waals surface area contributed by atoms with Crippen molar-refractivity contribution in [1.82, 2.24) is 5.32 Å². The Balaban J connectivity index is 2.32. The second kappa shape index (κ2) is 5.80. The van der Waals surface area contributed by atoms with Crippen LogP contribution in [-0.2, 0) is 0 Å². The van der Waals surface area contributed by atoms with Crippen LogP contribution in [0.4, 0.5) is 0 Å². The third-order valence-corrected chi connectivity index (χ3v) is 4.66. The lowest BCUT2D eigenvalue weighted by Gasteiger charge is -2.13. The molecule has 1 aromatic carbocycles. The molecule has 90 valence electrons. The molecule has 0 aliphatic carbocycles. The minimum Gasteiger partial charge on any atom is -0.310 e. The standard InChI is InChI=1S/C14H16BrNS/c1-3-16-10(2)11-5-4-6-12(9-11)14-13(15)7-8-17-14/h4-10,16H,3H2,1-2H3. The number of nitrogens with one attached hydrogen (secondary N) is 1. The first-order valence-corrected chi connectivity index (χ1v) is 7.46. The van der Waals surface area contributed by atoms with E-state index in [0.717, 1.165) is 6.54 Å². The van der Waals surface area contributed by atoms with Crippen LogP contribution in [0.1, 0.15) is 25.5 Å². The van der Waals surface area contributed by atoms with E-state index in [-0.39, 0.29) is 0 Å². The Hall–Kier alpha value is -0.640. The molecule has 0 aliphatic rings. The van der Waals surface area contributed by atoms with Crippen molar-refractivity contribution in [2.24, 2.45) is 0 Å². The van der Waals surface area contributed by atoms with E-state index in [1.807, 2.05) is 0 Å². The molecule has 1 unspecified atom stereocenters. The first-order valence-electron chi connectivity index (χ1n) is 5.79. The van der Waals surface area contributed by atoms with Gasteiger partial charge in [-0.05, 0) is 58.0 Å². The van der Waals surface area contributed by atoms with E-state index in [9.17, 15) is 0 Å². The topological polar surface area (TPSA) is 12.0 Å². The zero-order valence-corrected chi connectivity index (χ0v) is 12.4. The van der Waals surface area contributed by atoms with Crippen LogP contribution in [0.3, 0.4) is 0 Å². The predicted octanol–water partition coefficient (Wildman–Crippen LogP) is 4.85. The van der Waals surface area contributed by atoms with Gasteiger partial charge < -0.3 is 5.32 Å². The van der Waals surface area contributed by atoms with Crippen LogP contribution >= 0.6 is 27.3 Å². The van der Waals surface area contributed by atoms with E-state index < -0.39 is 0 Å². The van der Waals surface area contributed by atoms with Gasteiger partial charge in [0.2, 0.25) is 0 Å². The Labute approximate surface area is 115 Å². The van der Waals surface area contributed by atoms with Gasteiger partial charge in [0.05, 0.1) is 0 Å². The van der Waals surface area contributed by atoms with Crippen LogP contribution in [0.25, 0.3) is 10.4 Å². The van der Waals surface area contributed by atoms with Crippen LogP contribution in [-0.4, -0.2) is 6.54 Å². The molecule has 0 spiro atoms. The fourth-order valence-corrected chi connectivity index (χ4v) is 3.47. The van der Waals surface area contributed by atoms with E-state index in [4.69, 9.17) is 0 Å². The Kier molecular flexibility index (Phi) is 4.37. The monoisotopic (exact) mass is 309 g/mol. The highest BCUT2D eigenvalue weighted by Crippen LogP contribution is 2.34.